The first-order chi connectivity index (χ1) is 6.20. The fourth-order valence-corrected chi connectivity index (χ4v) is 1.12. The second-order valence-corrected chi connectivity index (χ2v) is 2.75. The van der Waals surface area contributed by atoms with Crippen LogP contribution in [0.3, 0.4) is 0 Å². The van der Waals surface area contributed by atoms with Crippen molar-refractivity contribution >= 4 is 0 Å². The molecule has 0 aliphatic heterocycles. The van der Waals surface area contributed by atoms with Gasteiger partial charge in [0.15, 0.2) is 11.5 Å². The summed E-state index contributed by atoms with van der Waals surface area (Å²) in [5.41, 5.74) is 0.599. The molecule has 1 unspecified atom stereocenters. The van der Waals surface area contributed by atoms with E-state index in [0.29, 0.717) is 11.3 Å². The zero-order valence-corrected chi connectivity index (χ0v) is 7.61. The Morgan fingerprint density at radius 1 is 1.54 bits per heavy atom. The Hall–Kier alpha value is -1.69. The maximum atomic E-state index is 9.61. The van der Waals surface area contributed by atoms with E-state index in [2.05, 4.69) is 6.07 Å². The van der Waals surface area contributed by atoms with Crippen molar-refractivity contribution in [2.24, 2.45) is 0 Å². The molecule has 1 aromatic carbocycles. The number of phenolic OH excluding ortho intramolecular Hbond substituents is 1. The van der Waals surface area contributed by atoms with Gasteiger partial charge in [-0.25, -0.2) is 0 Å². The van der Waals surface area contributed by atoms with E-state index in [1.54, 1.807) is 25.1 Å². The van der Waals surface area contributed by atoms with Gasteiger partial charge in [-0.2, -0.15) is 5.26 Å². The van der Waals surface area contributed by atoms with Gasteiger partial charge in [0, 0.05) is 5.56 Å². The fourth-order valence-electron chi connectivity index (χ4n) is 1.12. The lowest BCUT2D eigenvalue weighted by Crippen LogP contribution is -1.92. The van der Waals surface area contributed by atoms with E-state index in [0.717, 1.165) is 0 Å². The van der Waals surface area contributed by atoms with Crippen molar-refractivity contribution in [2.45, 2.75) is 12.8 Å². The van der Waals surface area contributed by atoms with Crippen molar-refractivity contribution < 1.29 is 9.84 Å². The second-order valence-electron chi connectivity index (χ2n) is 2.75. The van der Waals surface area contributed by atoms with E-state index in [9.17, 15) is 5.11 Å². The van der Waals surface area contributed by atoms with Gasteiger partial charge in [0.25, 0.3) is 0 Å². The normalized spacial score (nSPS) is 11.8. The van der Waals surface area contributed by atoms with Gasteiger partial charge in [-0.3, -0.25) is 0 Å². The van der Waals surface area contributed by atoms with Crippen LogP contribution in [-0.4, -0.2) is 12.2 Å². The number of nitriles is 1. The van der Waals surface area contributed by atoms with Gasteiger partial charge in [-0.05, 0) is 13.0 Å². The van der Waals surface area contributed by atoms with Gasteiger partial charge in [0.2, 0.25) is 0 Å². The molecule has 0 aliphatic carbocycles. The minimum atomic E-state index is -0.324. The third-order valence-electron chi connectivity index (χ3n) is 1.91. The van der Waals surface area contributed by atoms with Gasteiger partial charge < -0.3 is 9.84 Å². The summed E-state index contributed by atoms with van der Waals surface area (Å²) in [6, 6.07) is 7.18. The van der Waals surface area contributed by atoms with Crippen molar-refractivity contribution in [1.29, 1.82) is 5.26 Å². The quantitative estimate of drug-likeness (QED) is 0.751. The molecule has 0 radical (unpaired) electrons. The monoisotopic (exact) mass is 177 g/mol. The summed E-state index contributed by atoms with van der Waals surface area (Å²) in [4.78, 5) is 0. The topological polar surface area (TPSA) is 53.2 Å². The third kappa shape index (κ3) is 1.73. The smallest absolute Gasteiger partial charge is 0.162 e. The highest BCUT2D eigenvalue weighted by Crippen LogP contribution is 2.33. The molecule has 0 bridgehead atoms. The van der Waals surface area contributed by atoms with Crippen molar-refractivity contribution in [3.8, 4) is 17.6 Å². The zero-order chi connectivity index (χ0) is 9.84. The summed E-state index contributed by atoms with van der Waals surface area (Å²) >= 11 is 0. The van der Waals surface area contributed by atoms with Crippen LogP contribution in [0.25, 0.3) is 0 Å². The number of nitrogens with zero attached hydrogens (tertiary/aromatic N) is 1. The Balaban J connectivity index is 3.17. The maximum absolute atomic E-state index is 9.61. The van der Waals surface area contributed by atoms with Gasteiger partial charge in [-0.1, -0.05) is 12.1 Å². The van der Waals surface area contributed by atoms with Crippen LogP contribution >= 0.6 is 0 Å². The molecule has 0 aromatic heterocycles. The summed E-state index contributed by atoms with van der Waals surface area (Å²) in [5.74, 6) is 0.133. The predicted octanol–water partition coefficient (Wildman–Crippen LogP) is 2.03. The number of hydrogen-bond donors (Lipinski definition) is 1. The van der Waals surface area contributed by atoms with Crippen molar-refractivity contribution in [3.63, 3.8) is 0 Å². The average Bonchev–Trinajstić information content (AvgIpc) is 2.17. The Morgan fingerprint density at radius 2 is 2.23 bits per heavy atom. The molecule has 0 saturated heterocycles. The molecular weight excluding hydrogens is 166 g/mol. The minimum Gasteiger partial charge on any atom is -0.504 e. The van der Waals surface area contributed by atoms with Crippen LogP contribution in [0.1, 0.15) is 18.4 Å². The standard InChI is InChI=1S/C10H11NO2/c1-7(6-11)8-4-3-5-9(13-2)10(8)12/h3-5,7,12H,1-2H3. The van der Waals surface area contributed by atoms with E-state index < -0.39 is 0 Å². The number of phenols is 1. The zero-order valence-electron chi connectivity index (χ0n) is 7.61. The molecule has 0 amide bonds. The molecule has 1 rings (SSSR count). The van der Waals surface area contributed by atoms with Crippen molar-refractivity contribution in [3.05, 3.63) is 23.8 Å². The van der Waals surface area contributed by atoms with Crippen LogP contribution < -0.4 is 4.74 Å². The molecule has 13 heavy (non-hydrogen) atoms. The first-order valence-corrected chi connectivity index (χ1v) is 3.96. The summed E-state index contributed by atoms with van der Waals surface area (Å²) < 4.78 is 4.92. The highest BCUT2D eigenvalue weighted by Gasteiger charge is 2.12. The first-order valence-electron chi connectivity index (χ1n) is 3.96. The summed E-state index contributed by atoms with van der Waals surface area (Å²) in [6.07, 6.45) is 0. The molecule has 1 N–H and O–H groups in total. The molecule has 3 heteroatoms. The van der Waals surface area contributed by atoms with E-state index in [1.165, 1.54) is 7.11 Å². The second kappa shape index (κ2) is 3.81. The number of methoxy groups -OCH3 is 1. The largest absolute Gasteiger partial charge is 0.504 e. The van der Waals surface area contributed by atoms with E-state index in [1.807, 2.05) is 0 Å². The van der Waals surface area contributed by atoms with Gasteiger partial charge >= 0.3 is 0 Å². The third-order valence-corrected chi connectivity index (χ3v) is 1.91. The van der Waals surface area contributed by atoms with Gasteiger partial charge in [0.1, 0.15) is 0 Å². The lowest BCUT2D eigenvalue weighted by atomic mass is 10.0. The number of para-hydroxylation sites is 1. The first kappa shape index (κ1) is 9.40. The number of ether oxygens (including phenoxy) is 1. The molecule has 1 aromatic rings. The predicted molar refractivity (Wildman–Crippen MR) is 48.7 cm³/mol. The lowest BCUT2D eigenvalue weighted by molar-refractivity contribution is 0.370. The molecule has 3 nitrogen and oxygen atoms in total. The number of rotatable bonds is 2. The Morgan fingerprint density at radius 3 is 2.77 bits per heavy atom. The summed E-state index contributed by atoms with van der Waals surface area (Å²) in [6.45, 7) is 1.73. The highest BCUT2D eigenvalue weighted by atomic mass is 16.5. The highest BCUT2D eigenvalue weighted by molar-refractivity contribution is 5.48. The lowest BCUT2D eigenvalue weighted by Gasteiger charge is -2.09. The number of benzene rings is 1. The minimum absolute atomic E-state index is 0.0547. The summed E-state index contributed by atoms with van der Waals surface area (Å²) in [7, 11) is 1.48. The molecular formula is C10H11NO2. The molecule has 1 atom stereocenters. The molecule has 0 aliphatic rings. The number of aromatic hydroxyl groups is 1. The average molecular weight is 177 g/mol. The van der Waals surface area contributed by atoms with Crippen LogP contribution in [0.2, 0.25) is 0 Å². The number of hydrogen-bond acceptors (Lipinski definition) is 3. The van der Waals surface area contributed by atoms with Crippen LogP contribution in [0.5, 0.6) is 11.5 Å². The van der Waals surface area contributed by atoms with Crippen LogP contribution in [0.15, 0.2) is 18.2 Å². The molecule has 0 spiro atoms. The van der Waals surface area contributed by atoms with Gasteiger partial charge in [0.05, 0.1) is 19.1 Å². The van der Waals surface area contributed by atoms with Crippen LogP contribution in [0.4, 0.5) is 0 Å². The molecule has 0 heterocycles. The fraction of sp³-hybridized carbons (Fsp3) is 0.300. The maximum Gasteiger partial charge on any atom is 0.162 e. The SMILES string of the molecule is COc1cccc(C(C)C#N)c1O. The van der Waals surface area contributed by atoms with E-state index >= 15 is 0 Å². The summed E-state index contributed by atoms with van der Waals surface area (Å²) in [5, 5.41) is 18.3. The molecule has 0 saturated carbocycles. The van der Waals surface area contributed by atoms with Crippen molar-refractivity contribution in [2.75, 3.05) is 7.11 Å². The van der Waals surface area contributed by atoms with E-state index in [4.69, 9.17) is 10.00 Å². The molecule has 68 valence electrons. The van der Waals surface area contributed by atoms with Crippen molar-refractivity contribution in [1.82, 2.24) is 0 Å². The van der Waals surface area contributed by atoms with Crippen LogP contribution in [0, 0.1) is 11.3 Å². The Kier molecular flexibility index (Phi) is 2.76. The van der Waals surface area contributed by atoms with E-state index in [-0.39, 0.29) is 11.7 Å². The molecule has 0 fully saturated rings. The Labute approximate surface area is 77.2 Å². The van der Waals surface area contributed by atoms with Gasteiger partial charge in [-0.15, -0.1) is 0 Å². The van der Waals surface area contributed by atoms with Crippen LogP contribution in [-0.2, 0) is 0 Å². The Bertz CT molecular complexity index is 341.